The summed E-state index contributed by atoms with van der Waals surface area (Å²) in [4.78, 5) is 12.7. The second-order valence-corrected chi connectivity index (χ2v) is 4.95. The molecular weight excluding hydrogens is 228 g/mol. The largest absolute Gasteiger partial charge is 0.480 e. The lowest BCUT2D eigenvalue weighted by atomic mass is 10.2. The highest BCUT2D eigenvalue weighted by Gasteiger charge is 2.19. The monoisotopic (exact) mass is 244 g/mol. The Labute approximate surface area is 105 Å². The van der Waals surface area contributed by atoms with E-state index >= 15 is 0 Å². The minimum absolute atomic E-state index is 0.126. The van der Waals surface area contributed by atoms with Crippen LogP contribution >= 0.6 is 0 Å². The number of aromatic nitrogens is 1. The molecule has 1 aromatic carbocycles. The number of nitrogens with zero attached hydrogens (tertiary/aromatic N) is 2. The van der Waals surface area contributed by atoms with Gasteiger partial charge in [0.2, 0.25) is 0 Å². The molecule has 1 N–H and O–H groups in total. The highest BCUT2D eigenvalue weighted by atomic mass is 16.4. The molecule has 0 spiro atoms. The van der Waals surface area contributed by atoms with E-state index in [1.54, 1.807) is 0 Å². The van der Waals surface area contributed by atoms with E-state index in [2.05, 4.69) is 35.8 Å². The SMILES string of the molecule is Cc1ccc2c(c1)cc1n2CCN(CC(=O)O)C1. The predicted octanol–water partition coefficient (Wildman–Crippen LogP) is 1.85. The lowest BCUT2D eigenvalue weighted by molar-refractivity contribution is -0.138. The van der Waals surface area contributed by atoms with Crippen molar-refractivity contribution in [2.75, 3.05) is 13.1 Å². The van der Waals surface area contributed by atoms with Gasteiger partial charge in [-0.15, -0.1) is 0 Å². The Balaban J connectivity index is 1.97. The van der Waals surface area contributed by atoms with Gasteiger partial charge in [0.1, 0.15) is 0 Å². The fraction of sp³-hybridized carbons (Fsp3) is 0.357. The molecule has 94 valence electrons. The molecule has 2 aromatic rings. The number of rotatable bonds is 2. The van der Waals surface area contributed by atoms with Crippen LogP contribution in [-0.4, -0.2) is 33.6 Å². The highest BCUT2D eigenvalue weighted by molar-refractivity contribution is 5.82. The second kappa shape index (κ2) is 4.14. The molecule has 0 fully saturated rings. The van der Waals surface area contributed by atoms with Gasteiger partial charge < -0.3 is 9.67 Å². The van der Waals surface area contributed by atoms with E-state index in [1.165, 1.54) is 22.2 Å². The fourth-order valence-corrected chi connectivity index (χ4v) is 2.72. The quantitative estimate of drug-likeness (QED) is 0.877. The average Bonchev–Trinajstić information content (AvgIpc) is 2.64. The first-order chi connectivity index (χ1) is 8.63. The summed E-state index contributed by atoms with van der Waals surface area (Å²) >= 11 is 0. The Kier molecular flexibility index (Phi) is 2.59. The number of aryl methyl sites for hydroxylation is 1. The van der Waals surface area contributed by atoms with Gasteiger partial charge in [-0.1, -0.05) is 11.6 Å². The van der Waals surface area contributed by atoms with E-state index in [0.717, 1.165) is 19.6 Å². The summed E-state index contributed by atoms with van der Waals surface area (Å²) in [7, 11) is 0. The maximum Gasteiger partial charge on any atom is 0.317 e. The molecule has 0 aliphatic carbocycles. The van der Waals surface area contributed by atoms with Crippen molar-refractivity contribution in [3.8, 4) is 0 Å². The van der Waals surface area contributed by atoms with Gasteiger partial charge in [-0.3, -0.25) is 9.69 Å². The lowest BCUT2D eigenvalue weighted by Gasteiger charge is -2.27. The van der Waals surface area contributed by atoms with Crippen LogP contribution in [0, 0.1) is 6.92 Å². The number of benzene rings is 1. The molecule has 1 aliphatic heterocycles. The molecule has 1 aromatic heterocycles. The summed E-state index contributed by atoms with van der Waals surface area (Å²) in [5.74, 6) is -0.754. The molecule has 4 heteroatoms. The number of carboxylic acids is 1. The number of carboxylic acid groups (broad SMARTS) is 1. The number of hydrogen-bond donors (Lipinski definition) is 1. The molecule has 1 aliphatic rings. The molecule has 3 rings (SSSR count). The topological polar surface area (TPSA) is 45.5 Å². The molecule has 0 radical (unpaired) electrons. The summed E-state index contributed by atoms with van der Waals surface area (Å²) in [5, 5.41) is 10.1. The molecule has 0 saturated carbocycles. The van der Waals surface area contributed by atoms with Gasteiger partial charge in [-0.05, 0) is 25.1 Å². The first-order valence-corrected chi connectivity index (χ1v) is 6.16. The number of aliphatic carboxylic acids is 1. The van der Waals surface area contributed by atoms with Crippen molar-refractivity contribution in [2.24, 2.45) is 0 Å². The molecular formula is C14H16N2O2. The van der Waals surface area contributed by atoms with Crippen LogP contribution in [0.3, 0.4) is 0 Å². The van der Waals surface area contributed by atoms with Crippen LogP contribution in [0.15, 0.2) is 24.3 Å². The minimum atomic E-state index is -0.754. The summed E-state index contributed by atoms with van der Waals surface area (Å²) in [6.07, 6.45) is 0. The summed E-state index contributed by atoms with van der Waals surface area (Å²) < 4.78 is 2.30. The van der Waals surface area contributed by atoms with Crippen LogP contribution in [0.1, 0.15) is 11.3 Å². The zero-order valence-electron chi connectivity index (χ0n) is 10.4. The molecule has 0 saturated heterocycles. The zero-order valence-corrected chi connectivity index (χ0v) is 10.4. The zero-order chi connectivity index (χ0) is 12.7. The Morgan fingerprint density at radius 2 is 2.17 bits per heavy atom. The maximum atomic E-state index is 10.7. The van der Waals surface area contributed by atoms with Gasteiger partial charge in [-0.2, -0.15) is 0 Å². The number of hydrogen-bond acceptors (Lipinski definition) is 2. The smallest absolute Gasteiger partial charge is 0.317 e. The van der Waals surface area contributed by atoms with Gasteiger partial charge >= 0.3 is 5.97 Å². The summed E-state index contributed by atoms with van der Waals surface area (Å²) in [6.45, 7) is 4.61. The standard InChI is InChI=1S/C14H16N2O2/c1-10-2-3-13-11(6-10)7-12-8-15(9-14(17)18)4-5-16(12)13/h2-3,6-7H,4-5,8-9H2,1H3,(H,17,18). The Morgan fingerprint density at radius 3 is 2.94 bits per heavy atom. The third kappa shape index (κ3) is 1.88. The molecule has 18 heavy (non-hydrogen) atoms. The molecule has 0 atom stereocenters. The summed E-state index contributed by atoms with van der Waals surface area (Å²) in [5.41, 5.74) is 3.72. The van der Waals surface area contributed by atoms with Crippen molar-refractivity contribution in [1.29, 1.82) is 0 Å². The van der Waals surface area contributed by atoms with E-state index in [9.17, 15) is 4.79 Å². The van der Waals surface area contributed by atoms with Crippen LogP contribution in [0.25, 0.3) is 10.9 Å². The summed E-state index contributed by atoms with van der Waals surface area (Å²) in [6, 6.07) is 8.64. The molecule has 0 bridgehead atoms. The predicted molar refractivity (Wildman–Crippen MR) is 69.6 cm³/mol. The minimum Gasteiger partial charge on any atom is -0.480 e. The van der Waals surface area contributed by atoms with E-state index in [0.29, 0.717) is 0 Å². The average molecular weight is 244 g/mol. The van der Waals surface area contributed by atoms with Gasteiger partial charge in [0.05, 0.1) is 6.54 Å². The van der Waals surface area contributed by atoms with E-state index in [-0.39, 0.29) is 6.54 Å². The van der Waals surface area contributed by atoms with Crippen LogP contribution in [-0.2, 0) is 17.9 Å². The van der Waals surface area contributed by atoms with Crippen LogP contribution in [0.5, 0.6) is 0 Å². The number of carbonyl (C=O) groups is 1. The second-order valence-electron chi connectivity index (χ2n) is 4.95. The van der Waals surface area contributed by atoms with Gasteiger partial charge in [0.25, 0.3) is 0 Å². The molecule has 2 heterocycles. The third-order valence-electron chi connectivity index (χ3n) is 3.53. The fourth-order valence-electron chi connectivity index (χ4n) is 2.72. The molecule has 4 nitrogen and oxygen atoms in total. The molecule has 0 amide bonds. The van der Waals surface area contributed by atoms with Crippen molar-refractivity contribution < 1.29 is 9.90 Å². The Bertz CT molecular complexity index is 616. The normalized spacial score (nSPS) is 15.8. The van der Waals surface area contributed by atoms with Crippen molar-refractivity contribution >= 4 is 16.9 Å². The van der Waals surface area contributed by atoms with E-state index in [4.69, 9.17) is 5.11 Å². The first kappa shape index (κ1) is 11.3. The van der Waals surface area contributed by atoms with Crippen molar-refractivity contribution in [3.63, 3.8) is 0 Å². The van der Waals surface area contributed by atoms with Gasteiger partial charge in [0.15, 0.2) is 0 Å². The van der Waals surface area contributed by atoms with Crippen molar-refractivity contribution in [1.82, 2.24) is 9.47 Å². The van der Waals surface area contributed by atoms with Gasteiger partial charge in [0, 0.05) is 36.2 Å². The van der Waals surface area contributed by atoms with Crippen LogP contribution in [0.2, 0.25) is 0 Å². The van der Waals surface area contributed by atoms with Crippen LogP contribution < -0.4 is 0 Å². The Hall–Kier alpha value is -1.81. The third-order valence-corrected chi connectivity index (χ3v) is 3.53. The van der Waals surface area contributed by atoms with E-state index < -0.39 is 5.97 Å². The van der Waals surface area contributed by atoms with E-state index in [1.807, 2.05) is 4.90 Å². The highest BCUT2D eigenvalue weighted by Crippen LogP contribution is 2.24. The Morgan fingerprint density at radius 1 is 1.33 bits per heavy atom. The van der Waals surface area contributed by atoms with Crippen molar-refractivity contribution in [2.45, 2.75) is 20.0 Å². The lowest BCUT2D eigenvalue weighted by Crippen LogP contribution is -2.36. The first-order valence-electron chi connectivity index (χ1n) is 6.16. The van der Waals surface area contributed by atoms with Crippen molar-refractivity contribution in [3.05, 3.63) is 35.5 Å². The maximum absolute atomic E-state index is 10.7. The number of fused-ring (bicyclic) bond motifs is 3. The van der Waals surface area contributed by atoms with Crippen LogP contribution in [0.4, 0.5) is 0 Å². The van der Waals surface area contributed by atoms with Gasteiger partial charge in [-0.25, -0.2) is 0 Å². The molecule has 0 unspecified atom stereocenters.